The maximum absolute atomic E-state index is 11.5. The lowest BCUT2D eigenvalue weighted by atomic mass is 10.4. The minimum absolute atomic E-state index is 0.294. The number of nitrogens with one attached hydrogen (secondary N) is 1. The molecule has 7 heteroatoms. The molecular weight excluding hydrogens is 230 g/mol. The van der Waals surface area contributed by atoms with Gasteiger partial charge in [0.1, 0.15) is 0 Å². The van der Waals surface area contributed by atoms with E-state index in [1.165, 1.54) is 32.4 Å². The highest BCUT2D eigenvalue weighted by atomic mass is 32.2. The molecule has 0 aliphatic heterocycles. The largest absolute Gasteiger partial charge is 0.481 e. The summed E-state index contributed by atoms with van der Waals surface area (Å²) < 4.78 is 30.1. The fraction of sp³-hybridized carbons (Fsp3) is 0.333. The van der Waals surface area contributed by atoms with Crippen molar-refractivity contribution in [3.63, 3.8) is 0 Å². The summed E-state index contributed by atoms with van der Waals surface area (Å²) >= 11 is 0. The zero-order valence-electron chi connectivity index (χ0n) is 8.84. The maximum Gasteiger partial charge on any atom is 0.248 e. The van der Waals surface area contributed by atoms with Crippen molar-refractivity contribution in [2.24, 2.45) is 0 Å². The Morgan fingerprint density at radius 3 is 2.69 bits per heavy atom. The van der Waals surface area contributed by atoms with E-state index in [1.807, 2.05) is 0 Å². The monoisotopic (exact) mass is 241 g/mol. The summed E-state index contributed by atoms with van der Waals surface area (Å²) in [5, 5.41) is 7.41. The van der Waals surface area contributed by atoms with Gasteiger partial charge in [0.25, 0.3) is 0 Å². The molecule has 0 aromatic carbocycles. The first-order valence-electron chi connectivity index (χ1n) is 4.41. The molecule has 0 aliphatic carbocycles. The van der Waals surface area contributed by atoms with Gasteiger partial charge in [0.2, 0.25) is 15.9 Å². The SMILES string of the molecule is COc1ccc(NS(=O)(=O)C(C)C#N)cn1. The van der Waals surface area contributed by atoms with E-state index in [0.717, 1.165) is 0 Å². The van der Waals surface area contributed by atoms with Gasteiger partial charge in [0, 0.05) is 6.07 Å². The highest BCUT2D eigenvalue weighted by Crippen LogP contribution is 2.13. The predicted octanol–water partition coefficient (Wildman–Crippen LogP) is 0.744. The van der Waals surface area contributed by atoms with Crippen molar-refractivity contribution in [3.8, 4) is 11.9 Å². The number of anilines is 1. The van der Waals surface area contributed by atoms with Gasteiger partial charge in [-0.2, -0.15) is 5.26 Å². The highest BCUT2D eigenvalue weighted by Gasteiger charge is 2.19. The fourth-order valence-corrected chi connectivity index (χ4v) is 1.65. The van der Waals surface area contributed by atoms with Crippen molar-refractivity contribution >= 4 is 15.7 Å². The fourth-order valence-electron chi connectivity index (χ4n) is 0.883. The summed E-state index contributed by atoms with van der Waals surface area (Å²) in [7, 11) is -2.21. The summed E-state index contributed by atoms with van der Waals surface area (Å²) in [5.41, 5.74) is 0.294. The summed E-state index contributed by atoms with van der Waals surface area (Å²) in [5.74, 6) is 0.385. The normalized spacial score (nSPS) is 12.6. The molecule has 16 heavy (non-hydrogen) atoms. The molecule has 1 heterocycles. The van der Waals surface area contributed by atoms with E-state index in [-0.39, 0.29) is 0 Å². The molecule has 1 N–H and O–H groups in total. The summed E-state index contributed by atoms with van der Waals surface area (Å²) in [6, 6.07) is 4.68. The van der Waals surface area contributed by atoms with E-state index in [4.69, 9.17) is 10.00 Å². The van der Waals surface area contributed by atoms with Crippen LogP contribution in [0.15, 0.2) is 18.3 Å². The van der Waals surface area contributed by atoms with Crippen molar-refractivity contribution in [1.29, 1.82) is 5.26 Å². The lowest BCUT2D eigenvalue weighted by Crippen LogP contribution is -2.23. The average molecular weight is 241 g/mol. The zero-order chi connectivity index (χ0) is 12.2. The molecule has 0 aliphatic rings. The zero-order valence-corrected chi connectivity index (χ0v) is 9.65. The number of sulfonamides is 1. The van der Waals surface area contributed by atoms with Crippen LogP contribution in [0.5, 0.6) is 5.88 Å². The molecule has 0 spiro atoms. The third kappa shape index (κ3) is 2.84. The number of nitrogens with zero attached hydrogens (tertiary/aromatic N) is 2. The summed E-state index contributed by atoms with van der Waals surface area (Å²) in [4.78, 5) is 3.83. The van der Waals surface area contributed by atoms with E-state index >= 15 is 0 Å². The number of pyridine rings is 1. The molecule has 86 valence electrons. The Bertz CT molecular complexity index is 490. The van der Waals surface area contributed by atoms with Crippen LogP contribution >= 0.6 is 0 Å². The Balaban J connectivity index is 2.85. The van der Waals surface area contributed by atoms with Gasteiger partial charge >= 0.3 is 0 Å². The van der Waals surface area contributed by atoms with Gasteiger partial charge in [0.05, 0.1) is 25.1 Å². The molecule has 6 nitrogen and oxygen atoms in total. The van der Waals surface area contributed by atoms with Gasteiger partial charge in [-0.3, -0.25) is 4.72 Å². The third-order valence-corrected chi connectivity index (χ3v) is 3.41. The molecule has 0 saturated heterocycles. The highest BCUT2D eigenvalue weighted by molar-refractivity contribution is 7.93. The van der Waals surface area contributed by atoms with Gasteiger partial charge in [-0.25, -0.2) is 13.4 Å². The number of rotatable bonds is 4. The molecule has 0 bridgehead atoms. The van der Waals surface area contributed by atoms with Crippen molar-refractivity contribution in [2.45, 2.75) is 12.2 Å². The number of methoxy groups -OCH3 is 1. The quantitative estimate of drug-likeness (QED) is 0.839. The van der Waals surface area contributed by atoms with Crippen LogP contribution < -0.4 is 9.46 Å². The minimum Gasteiger partial charge on any atom is -0.481 e. The molecule has 1 aromatic heterocycles. The van der Waals surface area contributed by atoms with Crippen LogP contribution in [0.2, 0.25) is 0 Å². The Morgan fingerprint density at radius 1 is 1.56 bits per heavy atom. The van der Waals surface area contributed by atoms with E-state index in [9.17, 15) is 8.42 Å². The van der Waals surface area contributed by atoms with E-state index in [1.54, 1.807) is 6.07 Å². The number of hydrogen-bond donors (Lipinski definition) is 1. The van der Waals surface area contributed by atoms with E-state index in [2.05, 4.69) is 9.71 Å². The van der Waals surface area contributed by atoms with Crippen LogP contribution in [0.4, 0.5) is 5.69 Å². The number of nitriles is 1. The minimum atomic E-state index is -3.67. The molecule has 0 saturated carbocycles. The molecule has 0 radical (unpaired) electrons. The van der Waals surface area contributed by atoms with Gasteiger partial charge in [-0.15, -0.1) is 0 Å². The molecular formula is C9H11N3O3S. The molecule has 0 fully saturated rings. The van der Waals surface area contributed by atoms with Crippen LogP contribution in [0.3, 0.4) is 0 Å². The first-order chi connectivity index (χ1) is 7.49. The van der Waals surface area contributed by atoms with Crippen molar-refractivity contribution in [1.82, 2.24) is 4.98 Å². The lowest BCUT2D eigenvalue weighted by molar-refractivity contribution is 0.398. The van der Waals surface area contributed by atoms with Gasteiger partial charge < -0.3 is 4.74 Å². The van der Waals surface area contributed by atoms with Gasteiger partial charge in [0.15, 0.2) is 5.25 Å². The first kappa shape index (κ1) is 12.3. The van der Waals surface area contributed by atoms with Crippen LogP contribution in [0.1, 0.15) is 6.92 Å². The van der Waals surface area contributed by atoms with E-state index in [0.29, 0.717) is 11.6 Å². The van der Waals surface area contributed by atoms with Crippen LogP contribution in [0, 0.1) is 11.3 Å². The summed E-state index contributed by atoms with van der Waals surface area (Å²) in [6.45, 7) is 1.30. The Morgan fingerprint density at radius 2 is 2.25 bits per heavy atom. The van der Waals surface area contributed by atoms with Crippen LogP contribution in [-0.2, 0) is 10.0 Å². The van der Waals surface area contributed by atoms with Crippen LogP contribution in [-0.4, -0.2) is 25.8 Å². The first-order valence-corrected chi connectivity index (χ1v) is 5.95. The topological polar surface area (TPSA) is 92.1 Å². The number of hydrogen-bond acceptors (Lipinski definition) is 5. The van der Waals surface area contributed by atoms with Crippen molar-refractivity contribution < 1.29 is 13.2 Å². The third-order valence-electron chi connectivity index (χ3n) is 1.85. The van der Waals surface area contributed by atoms with Crippen molar-refractivity contribution in [2.75, 3.05) is 11.8 Å². The molecule has 1 atom stereocenters. The number of aromatic nitrogens is 1. The second-order valence-electron chi connectivity index (χ2n) is 3.01. The van der Waals surface area contributed by atoms with E-state index < -0.39 is 15.3 Å². The molecule has 1 unspecified atom stereocenters. The second-order valence-corrected chi connectivity index (χ2v) is 5.01. The van der Waals surface area contributed by atoms with Gasteiger partial charge in [-0.1, -0.05) is 0 Å². The Labute approximate surface area is 93.9 Å². The molecule has 1 aromatic rings. The molecule has 0 amide bonds. The second kappa shape index (κ2) is 4.81. The smallest absolute Gasteiger partial charge is 0.248 e. The summed E-state index contributed by atoms with van der Waals surface area (Å²) in [6.07, 6.45) is 1.32. The number of ether oxygens (including phenoxy) is 1. The van der Waals surface area contributed by atoms with Gasteiger partial charge in [-0.05, 0) is 13.0 Å². The molecule has 1 rings (SSSR count). The standard InChI is InChI=1S/C9H11N3O3S/c1-7(5-10)16(13,14)12-8-3-4-9(15-2)11-6-8/h3-4,6-7,12H,1-2H3. The predicted molar refractivity (Wildman–Crippen MR) is 58.4 cm³/mol. The Kier molecular flexibility index (Phi) is 3.68. The van der Waals surface area contributed by atoms with Crippen molar-refractivity contribution in [3.05, 3.63) is 18.3 Å². The maximum atomic E-state index is 11.5. The Hall–Kier alpha value is -1.81. The average Bonchev–Trinajstić information content (AvgIpc) is 2.28. The van der Waals surface area contributed by atoms with Crippen LogP contribution in [0.25, 0.3) is 0 Å². The lowest BCUT2D eigenvalue weighted by Gasteiger charge is -2.08.